The van der Waals surface area contributed by atoms with E-state index in [2.05, 4.69) is 0 Å². The van der Waals surface area contributed by atoms with Crippen molar-refractivity contribution in [3.63, 3.8) is 0 Å². The van der Waals surface area contributed by atoms with Gasteiger partial charge in [-0.25, -0.2) is 4.79 Å². The van der Waals surface area contributed by atoms with Crippen LogP contribution in [0.3, 0.4) is 0 Å². The standard InChI is InChI=1S/C12H9NO3S/c14-10-6-13-5-8(12(15)16)4-7-2-1-3-9(17-10)11(7)13/h1-3,5H,4,6H2,(H,15,16). The second-order valence-electron chi connectivity index (χ2n) is 4.00. The normalized spacial score (nSPS) is 17.5. The third kappa shape index (κ3) is 1.63. The molecule has 2 heterocycles. The van der Waals surface area contributed by atoms with Gasteiger partial charge in [0, 0.05) is 17.5 Å². The lowest BCUT2D eigenvalue weighted by Gasteiger charge is -2.32. The molecule has 1 aromatic rings. The summed E-state index contributed by atoms with van der Waals surface area (Å²) in [4.78, 5) is 25.2. The van der Waals surface area contributed by atoms with E-state index in [1.165, 1.54) is 11.8 Å². The van der Waals surface area contributed by atoms with Crippen LogP contribution in [0.4, 0.5) is 5.69 Å². The summed E-state index contributed by atoms with van der Waals surface area (Å²) < 4.78 is 0. The first-order valence-electron chi connectivity index (χ1n) is 5.18. The minimum absolute atomic E-state index is 0.0394. The first-order valence-corrected chi connectivity index (χ1v) is 6.00. The van der Waals surface area contributed by atoms with E-state index in [-0.39, 0.29) is 11.7 Å². The Bertz CT molecular complexity index is 565. The van der Waals surface area contributed by atoms with Crippen molar-refractivity contribution in [2.75, 3.05) is 11.4 Å². The molecular weight excluding hydrogens is 238 g/mol. The van der Waals surface area contributed by atoms with Gasteiger partial charge in [0.05, 0.1) is 17.8 Å². The molecule has 0 radical (unpaired) electrons. The third-order valence-corrected chi connectivity index (χ3v) is 3.77. The van der Waals surface area contributed by atoms with E-state index < -0.39 is 5.97 Å². The van der Waals surface area contributed by atoms with Crippen LogP contribution in [0.15, 0.2) is 34.9 Å². The Balaban J connectivity index is 2.15. The van der Waals surface area contributed by atoms with E-state index in [0.717, 1.165) is 16.1 Å². The highest BCUT2D eigenvalue weighted by molar-refractivity contribution is 8.14. The van der Waals surface area contributed by atoms with Crippen molar-refractivity contribution in [3.05, 3.63) is 35.5 Å². The summed E-state index contributed by atoms with van der Waals surface area (Å²) in [5.74, 6) is -0.924. The van der Waals surface area contributed by atoms with E-state index in [1.807, 2.05) is 18.2 Å². The Kier molecular flexibility index (Phi) is 2.22. The highest BCUT2D eigenvalue weighted by atomic mass is 32.2. The van der Waals surface area contributed by atoms with Gasteiger partial charge in [0.1, 0.15) is 0 Å². The zero-order chi connectivity index (χ0) is 12.0. The van der Waals surface area contributed by atoms with Crippen LogP contribution in [0.5, 0.6) is 0 Å². The molecule has 3 rings (SSSR count). The number of benzene rings is 1. The maximum Gasteiger partial charge on any atom is 0.333 e. The van der Waals surface area contributed by atoms with E-state index >= 15 is 0 Å². The van der Waals surface area contributed by atoms with Gasteiger partial charge in [-0.3, -0.25) is 4.79 Å². The number of rotatable bonds is 1. The smallest absolute Gasteiger partial charge is 0.333 e. The minimum Gasteiger partial charge on any atom is -0.478 e. The van der Waals surface area contributed by atoms with Crippen LogP contribution in [-0.2, 0) is 16.0 Å². The molecule has 86 valence electrons. The predicted molar refractivity (Wildman–Crippen MR) is 64.1 cm³/mol. The quantitative estimate of drug-likeness (QED) is 0.817. The molecule has 0 amide bonds. The Labute approximate surface area is 102 Å². The van der Waals surface area contributed by atoms with Crippen LogP contribution in [0.1, 0.15) is 5.56 Å². The second-order valence-corrected chi connectivity index (χ2v) is 5.10. The van der Waals surface area contributed by atoms with Crippen molar-refractivity contribution >= 4 is 28.5 Å². The van der Waals surface area contributed by atoms with Gasteiger partial charge < -0.3 is 10.0 Å². The van der Waals surface area contributed by atoms with Gasteiger partial charge in [0.15, 0.2) is 0 Å². The number of carbonyl (C=O) groups is 2. The molecule has 0 aromatic heterocycles. The van der Waals surface area contributed by atoms with Gasteiger partial charge >= 0.3 is 5.97 Å². The number of aliphatic carboxylic acids is 1. The summed E-state index contributed by atoms with van der Waals surface area (Å²) in [6.07, 6.45) is 2.00. The largest absolute Gasteiger partial charge is 0.478 e. The van der Waals surface area contributed by atoms with Gasteiger partial charge in [0.25, 0.3) is 0 Å². The number of hydrogen-bond donors (Lipinski definition) is 1. The van der Waals surface area contributed by atoms with Gasteiger partial charge in [-0.15, -0.1) is 0 Å². The maximum atomic E-state index is 11.6. The van der Waals surface area contributed by atoms with Gasteiger partial charge in [-0.2, -0.15) is 0 Å². The number of carboxylic acid groups (broad SMARTS) is 1. The van der Waals surface area contributed by atoms with E-state index in [9.17, 15) is 9.59 Å². The molecule has 1 N–H and O–H groups in total. The van der Waals surface area contributed by atoms with Crippen LogP contribution in [0.25, 0.3) is 0 Å². The first kappa shape index (κ1) is 10.4. The van der Waals surface area contributed by atoms with Crippen LogP contribution < -0.4 is 4.90 Å². The predicted octanol–water partition coefficient (Wildman–Crippen LogP) is 1.65. The Morgan fingerprint density at radius 2 is 2.24 bits per heavy atom. The van der Waals surface area contributed by atoms with Crippen molar-refractivity contribution < 1.29 is 14.7 Å². The SMILES string of the molecule is O=C1CN2C=C(C(=O)O)Cc3cccc(c32)S1. The lowest BCUT2D eigenvalue weighted by Crippen LogP contribution is -2.32. The molecule has 4 nitrogen and oxygen atoms in total. The summed E-state index contributed by atoms with van der Waals surface area (Å²) in [5, 5.41) is 9.08. The van der Waals surface area contributed by atoms with Crippen molar-refractivity contribution in [3.8, 4) is 0 Å². The average molecular weight is 247 g/mol. The van der Waals surface area contributed by atoms with Crippen LogP contribution in [-0.4, -0.2) is 22.7 Å². The van der Waals surface area contributed by atoms with Crippen molar-refractivity contribution in [2.45, 2.75) is 11.3 Å². The molecule has 5 heteroatoms. The fourth-order valence-electron chi connectivity index (χ4n) is 2.17. The molecule has 0 bridgehead atoms. The average Bonchev–Trinajstić information content (AvgIpc) is 2.28. The van der Waals surface area contributed by atoms with Crippen LogP contribution in [0, 0.1) is 0 Å². The molecule has 0 fully saturated rings. The highest BCUT2D eigenvalue weighted by Gasteiger charge is 2.29. The summed E-state index contributed by atoms with van der Waals surface area (Å²) in [6.45, 7) is 0.242. The number of hydrogen-bond acceptors (Lipinski definition) is 4. The first-order chi connectivity index (χ1) is 8.15. The van der Waals surface area contributed by atoms with Crippen LogP contribution in [0.2, 0.25) is 0 Å². The molecule has 1 aromatic carbocycles. The molecular formula is C12H9NO3S. The maximum absolute atomic E-state index is 11.6. The zero-order valence-electron chi connectivity index (χ0n) is 8.84. The third-order valence-electron chi connectivity index (χ3n) is 2.86. The van der Waals surface area contributed by atoms with E-state index in [1.54, 1.807) is 11.1 Å². The highest BCUT2D eigenvalue weighted by Crippen LogP contribution is 2.41. The number of thioether (sulfide) groups is 1. The molecule has 0 saturated carbocycles. The topological polar surface area (TPSA) is 57.6 Å². The molecule has 2 aliphatic heterocycles. The number of carbonyl (C=O) groups excluding carboxylic acids is 1. The number of para-hydroxylation sites is 1. The van der Waals surface area contributed by atoms with E-state index in [4.69, 9.17) is 5.11 Å². The number of anilines is 1. The van der Waals surface area contributed by atoms with Crippen LogP contribution >= 0.6 is 11.8 Å². The Morgan fingerprint density at radius 3 is 3.00 bits per heavy atom. The van der Waals surface area contributed by atoms with Crippen molar-refractivity contribution in [2.24, 2.45) is 0 Å². The van der Waals surface area contributed by atoms with Gasteiger partial charge in [0.2, 0.25) is 5.12 Å². The van der Waals surface area contributed by atoms with Crippen molar-refractivity contribution in [1.82, 2.24) is 0 Å². The zero-order valence-corrected chi connectivity index (χ0v) is 9.66. The number of nitrogens with zero attached hydrogens (tertiary/aromatic N) is 1. The monoisotopic (exact) mass is 247 g/mol. The number of carboxylic acids is 1. The molecule has 0 spiro atoms. The molecule has 17 heavy (non-hydrogen) atoms. The summed E-state index contributed by atoms with van der Waals surface area (Å²) in [5.41, 5.74) is 2.29. The fourth-order valence-corrected chi connectivity index (χ4v) is 3.11. The molecule has 0 saturated heterocycles. The molecule has 2 aliphatic rings. The Hall–Kier alpha value is -1.75. The van der Waals surface area contributed by atoms with Crippen molar-refractivity contribution in [1.29, 1.82) is 0 Å². The summed E-state index contributed by atoms with van der Waals surface area (Å²) >= 11 is 1.23. The summed E-state index contributed by atoms with van der Waals surface area (Å²) in [6, 6.07) is 5.67. The second kappa shape index (κ2) is 3.63. The van der Waals surface area contributed by atoms with Gasteiger partial charge in [-0.05, 0) is 23.4 Å². The Morgan fingerprint density at radius 1 is 1.41 bits per heavy atom. The summed E-state index contributed by atoms with van der Waals surface area (Å²) in [7, 11) is 0. The van der Waals surface area contributed by atoms with E-state index in [0.29, 0.717) is 12.0 Å². The molecule has 0 unspecified atom stereocenters. The minimum atomic E-state index is -0.924. The molecule has 0 aliphatic carbocycles. The fraction of sp³-hybridized carbons (Fsp3) is 0.167. The van der Waals surface area contributed by atoms with Gasteiger partial charge in [-0.1, -0.05) is 12.1 Å². The lowest BCUT2D eigenvalue weighted by atomic mass is 9.99. The molecule has 0 atom stereocenters. The lowest BCUT2D eigenvalue weighted by molar-refractivity contribution is -0.132.